The number of rotatable bonds is 7. The maximum Gasteiger partial charge on any atom is 0.407 e. The minimum Gasteiger partial charge on any atom is -0.444 e. The number of carbonyl (C=O) groups is 1. The third-order valence-corrected chi connectivity index (χ3v) is 5.71. The van der Waals surface area contributed by atoms with Crippen LogP contribution in [0.2, 0.25) is 0 Å². The molecule has 1 aromatic rings. The standard InChI is InChI=1S/C26H37N3O3/c1-6-8-20(15-19(2)18-27-25(30)32-26(3,4)5)21-16-22(17-21)23-9-7-10-24(28-23)29-11-13-31-14-12-29/h6-10,15,21-22H,2,11-14,16-18H2,1,3-5H3,(H,27,30)/b8-6-,20-15+. The van der Waals surface area contributed by atoms with E-state index in [9.17, 15) is 4.79 Å². The quantitative estimate of drug-likeness (QED) is 0.606. The Morgan fingerprint density at radius 3 is 2.69 bits per heavy atom. The van der Waals surface area contributed by atoms with Crippen molar-refractivity contribution >= 4 is 11.9 Å². The summed E-state index contributed by atoms with van der Waals surface area (Å²) in [6.45, 7) is 15.4. The van der Waals surface area contributed by atoms with Crippen LogP contribution in [-0.4, -0.2) is 49.5 Å². The number of morpholine rings is 1. The number of pyridine rings is 1. The molecule has 2 heterocycles. The average molecular weight is 440 g/mol. The number of alkyl carbamates (subject to hydrolysis) is 1. The first-order valence-electron chi connectivity index (χ1n) is 11.5. The van der Waals surface area contributed by atoms with Crippen molar-refractivity contribution in [1.82, 2.24) is 10.3 Å². The maximum absolute atomic E-state index is 11.9. The number of ether oxygens (including phenoxy) is 2. The molecule has 1 amide bonds. The van der Waals surface area contributed by atoms with Gasteiger partial charge in [-0.15, -0.1) is 0 Å². The predicted molar refractivity (Wildman–Crippen MR) is 129 cm³/mol. The molecule has 6 heteroatoms. The Balaban J connectivity index is 1.56. The fourth-order valence-corrected chi connectivity index (χ4v) is 4.05. The van der Waals surface area contributed by atoms with Crippen molar-refractivity contribution in [1.29, 1.82) is 0 Å². The Kier molecular flexibility index (Phi) is 8.13. The second-order valence-electron chi connectivity index (χ2n) is 9.54. The smallest absolute Gasteiger partial charge is 0.407 e. The highest BCUT2D eigenvalue weighted by Crippen LogP contribution is 2.45. The van der Waals surface area contributed by atoms with Gasteiger partial charge in [-0.3, -0.25) is 0 Å². The number of hydrogen-bond donors (Lipinski definition) is 1. The van der Waals surface area contributed by atoms with Crippen molar-refractivity contribution < 1.29 is 14.3 Å². The first-order valence-corrected chi connectivity index (χ1v) is 11.5. The lowest BCUT2D eigenvalue weighted by Gasteiger charge is -2.37. The average Bonchev–Trinajstić information content (AvgIpc) is 2.71. The summed E-state index contributed by atoms with van der Waals surface area (Å²) in [5, 5.41) is 2.78. The Hall–Kier alpha value is -2.60. The van der Waals surface area contributed by atoms with E-state index in [1.165, 1.54) is 11.3 Å². The van der Waals surface area contributed by atoms with Gasteiger partial charge in [0, 0.05) is 31.2 Å². The minimum absolute atomic E-state index is 0.370. The molecule has 1 aliphatic heterocycles. The summed E-state index contributed by atoms with van der Waals surface area (Å²) in [4.78, 5) is 19.1. The summed E-state index contributed by atoms with van der Waals surface area (Å²) in [6.07, 6.45) is 8.03. The van der Waals surface area contributed by atoms with Gasteiger partial charge in [0.25, 0.3) is 0 Å². The normalized spacial score (nSPS) is 21.9. The lowest BCUT2D eigenvalue weighted by atomic mass is 9.69. The maximum atomic E-state index is 11.9. The molecule has 1 N–H and O–H groups in total. The number of aromatic nitrogens is 1. The van der Waals surface area contributed by atoms with Crippen molar-refractivity contribution in [3.8, 4) is 0 Å². The molecule has 0 unspecified atom stereocenters. The molecule has 0 bridgehead atoms. The highest BCUT2D eigenvalue weighted by Gasteiger charge is 2.33. The zero-order valence-corrected chi connectivity index (χ0v) is 19.9. The topological polar surface area (TPSA) is 63.7 Å². The molecular weight excluding hydrogens is 402 g/mol. The second-order valence-corrected chi connectivity index (χ2v) is 9.54. The molecule has 1 saturated heterocycles. The summed E-state index contributed by atoms with van der Waals surface area (Å²) in [7, 11) is 0. The molecule has 1 saturated carbocycles. The Morgan fingerprint density at radius 2 is 2.03 bits per heavy atom. The molecule has 0 atom stereocenters. The third kappa shape index (κ3) is 6.95. The van der Waals surface area contributed by atoms with Crippen LogP contribution in [-0.2, 0) is 9.47 Å². The lowest BCUT2D eigenvalue weighted by molar-refractivity contribution is 0.0533. The highest BCUT2D eigenvalue weighted by molar-refractivity contribution is 5.68. The summed E-state index contributed by atoms with van der Waals surface area (Å²) in [5.41, 5.74) is 2.78. The van der Waals surface area contributed by atoms with Gasteiger partial charge in [0.05, 0.1) is 13.2 Å². The first-order chi connectivity index (χ1) is 15.2. The zero-order chi connectivity index (χ0) is 23.1. The van der Waals surface area contributed by atoms with Gasteiger partial charge in [0.15, 0.2) is 0 Å². The molecule has 174 valence electrons. The zero-order valence-electron chi connectivity index (χ0n) is 19.9. The molecular formula is C26H37N3O3. The van der Waals surface area contributed by atoms with Crippen molar-refractivity contribution in [3.63, 3.8) is 0 Å². The molecule has 0 spiro atoms. The number of carbonyl (C=O) groups excluding carboxylic acids is 1. The third-order valence-electron chi connectivity index (χ3n) is 5.71. The minimum atomic E-state index is -0.509. The van der Waals surface area contributed by atoms with Crippen LogP contribution in [0.25, 0.3) is 0 Å². The number of allylic oxidation sites excluding steroid dienone is 3. The number of hydrogen-bond acceptors (Lipinski definition) is 5. The van der Waals surface area contributed by atoms with Crippen LogP contribution in [0.5, 0.6) is 0 Å². The molecule has 2 fully saturated rings. The Morgan fingerprint density at radius 1 is 1.31 bits per heavy atom. The van der Waals surface area contributed by atoms with Crippen molar-refractivity contribution in [3.05, 3.63) is 59.8 Å². The van der Waals surface area contributed by atoms with Gasteiger partial charge in [0.2, 0.25) is 0 Å². The van der Waals surface area contributed by atoms with Crippen LogP contribution in [0.3, 0.4) is 0 Å². The SMILES string of the molecule is C=C(/C=C(\C=C/C)C1CC(c2cccc(N3CCOCC3)n2)C1)CNC(=O)OC(C)(C)C. The van der Waals surface area contributed by atoms with E-state index in [2.05, 4.69) is 53.2 Å². The lowest BCUT2D eigenvalue weighted by Crippen LogP contribution is -2.37. The van der Waals surface area contributed by atoms with Gasteiger partial charge < -0.3 is 19.7 Å². The van der Waals surface area contributed by atoms with Crippen molar-refractivity contribution in [2.24, 2.45) is 5.92 Å². The molecule has 1 aliphatic carbocycles. The van der Waals surface area contributed by atoms with Gasteiger partial charge in [-0.2, -0.15) is 0 Å². The van der Waals surface area contributed by atoms with Gasteiger partial charge in [-0.05, 0) is 69.7 Å². The summed E-state index contributed by atoms with van der Waals surface area (Å²) >= 11 is 0. The molecule has 0 radical (unpaired) electrons. The van der Waals surface area contributed by atoms with E-state index in [0.29, 0.717) is 18.4 Å². The largest absolute Gasteiger partial charge is 0.444 e. The van der Waals surface area contributed by atoms with E-state index in [-0.39, 0.29) is 0 Å². The molecule has 32 heavy (non-hydrogen) atoms. The Labute approximate surface area is 192 Å². The van der Waals surface area contributed by atoms with E-state index >= 15 is 0 Å². The molecule has 6 nitrogen and oxygen atoms in total. The summed E-state index contributed by atoms with van der Waals surface area (Å²) < 4.78 is 10.8. The van der Waals surface area contributed by atoms with Gasteiger partial charge in [-0.1, -0.05) is 30.9 Å². The van der Waals surface area contributed by atoms with E-state index in [1.54, 1.807) is 0 Å². The van der Waals surface area contributed by atoms with Crippen LogP contribution in [0.4, 0.5) is 10.6 Å². The van der Waals surface area contributed by atoms with Crippen LogP contribution in [0, 0.1) is 5.92 Å². The predicted octanol–water partition coefficient (Wildman–Crippen LogP) is 5.00. The highest BCUT2D eigenvalue weighted by atomic mass is 16.6. The monoisotopic (exact) mass is 439 g/mol. The van der Waals surface area contributed by atoms with Crippen LogP contribution in [0.15, 0.2) is 54.2 Å². The van der Waals surface area contributed by atoms with E-state index in [1.807, 2.05) is 27.7 Å². The number of anilines is 1. The second kappa shape index (κ2) is 10.8. The van der Waals surface area contributed by atoms with Crippen LogP contribution >= 0.6 is 0 Å². The van der Waals surface area contributed by atoms with E-state index < -0.39 is 11.7 Å². The molecule has 1 aromatic heterocycles. The van der Waals surface area contributed by atoms with Gasteiger partial charge in [-0.25, -0.2) is 9.78 Å². The summed E-state index contributed by atoms with van der Waals surface area (Å²) in [5.74, 6) is 2.01. The fraction of sp³-hybridized carbons (Fsp3) is 0.538. The summed E-state index contributed by atoms with van der Waals surface area (Å²) in [6, 6.07) is 6.36. The van der Waals surface area contributed by atoms with Gasteiger partial charge >= 0.3 is 6.09 Å². The van der Waals surface area contributed by atoms with Crippen molar-refractivity contribution in [2.75, 3.05) is 37.7 Å². The molecule has 0 aromatic carbocycles. The fourth-order valence-electron chi connectivity index (χ4n) is 4.05. The van der Waals surface area contributed by atoms with Crippen molar-refractivity contribution in [2.45, 2.75) is 52.1 Å². The number of nitrogens with one attached hydrogen (secondary N) is 1. The van der Waals surface area contributed by atoms with E-state index in [0.717, 1.165) is 50.5 Å². The molecule has 2 aliphatic rings. The van der Waals surface area contributed by atoms with Crippen LogP contribution < -0.4 is 10.2 Å². The number of nitrogens with zero attached hydrogens (tertiary/aromatic N) is 2. The Bertz CT molecular complexity index is 857. The number of amides is 1. The molecule has 3 rings (SSSR count). The van der Waals surface area contributed by atoms with E-state index in [4.69, 9.17) is 14.5 Å². The first kappa shape index (κ1) is 24.1. The van der Waals surface area contributed by atoms with Gasteiger partial charge in [0.1, 0.15) is 11.4 Å². The van der Waals surface area contributed by atoms with Crippen LogP contribution in [0.1, 0.15) is 52.1 Å².